The van der Waals surface area contributed by atoms with Crippen LogP contribution < -0.4 is 10.6 Å². The number of Topliss-reactive ketones (excluding diaryl/α,β-unsaturated/α-hetero) is 1. The maximum absolute atomic E-state index is 13.2. The van der Waals surface area contributed by atoms with Crippen molar-refractivity contribution in [2.45, 2.75) is 57.1 Å². The van der Waals surface area contributed by atoms with Crippen molar-refractivity contribution >= 4 is 38.6 Å². The Morgan fingerprint density at radius 2 is 2.05 bits per heavy atom. The summed E-state index contributed by atoms with van der Waals surface area (Å²) >= 11 is 0. The van der Waals surface area contributed by atoms with Crippen LogP contribution in [0.3, 0.4) is 0 Å². The standard InChI is InChI=1S/C25H31N5O7S/c1-14(2)9-19(29-25(34)22-11-16-10-17(31)6-7-21(16)37-22)24(33)28-18-5-4-8-30(13-20(18)32)38(35,36)23-12-26-15(3)27-23/h6-7,10-12,14,18-19,31H,4-5,8-9,13H2,1-3H3,(H,26,27)(H,28,33)(H,29,34)/t18-,19?/m0/s1. The van der Waals surface area contributed by atoms with E-state index in [1.165, 1.54) is 30.5 Å². The van der Waals surface area contributed by atoms with Gasteiger partial charge in [0.1, 0.15) is 23.2 Å². The van der Waals surface area contributed by atoms with E-state index in [1.807, 2.05) is 13.8 Å². The van der Waals surface area contributed by atoms with Crippen molar-refractivity contribution in [3.63, 3.8) is 0 Å². The fraction of sp³-hybridized carbons (Fsp3) is 0.440. The smallest absolute Gasteiger partial charge is 0.287 e. The highest BCUT2D eigenvalue weighted by molar-refractivity contribution is 7.89. The number of amides is 2. The number of carbonyl (C=O) groups is 3. The zero-order valence-corrected chi connectivity index (χ0v) is 22.2. The van der Waals surface area contributed by atoms with Crippen LogP contribution in [0.15, 0.2) is 39.9 Å². The molecule has 3 heterocycles. The van der Waals surface area contributed by atoms with Crippen molar-refractivity contribution < 1.29 is 32.3 Å². The first kappa shape index (κ1) is 27.3. The average molecular weight is 546 g/mol. The molecule has 0 spiro atoms. The normalized spacial score (nSPS) is 17.9. The van der Waals surface area contributed by atoms with E-state index in [9.17, 15) is 27.9 Å². The van der Waals surface area contributed by atoms with Crippen LogP contribution in [0, 0.1) is 12.8 Å². The van der Waals surface area contributed by atoms with Gasteiger partial charge in [-0.2, -0.15) is 4.31 Å². The quantitative estimate of drug-likeness (QED) is 0.332. The lowest BCUT2D eigenvalue weighted by Gasteiger charge is -2.23. The van der Waals surface area contributed by atoms with Crippen LogP contribution in [0.25, 0.3) is 11.0 Å². The minimum absolute atomic E-state index is 0.0207. The molecule has 3 aromatic rings. The lowest BCUT2D eigenvalue weighted by Crippen LogP contribution is -2.52. The molecule has 1 aliphatic heterocycles. The van der Waals surface area contributed by atoms with E-state index in [0.29, 0.717) is 29.6 Å². The number of sulfonamides is 1. The molecule has 1 fully saturated rings. The van der Waals surface area contributed by atoms with Crippen molar-refractivity contribution in [1.82, 2.24) is 24.9 Å². The van der Waals surface area contributed by atoms with Gasteiger partial charge in [0.15, 0.2) is 16.6 Å². The average Bonchev–Trinajstić information content (AvgIpc) is 3.43. The minimum atomic E-state index is -3.94. The molecule has 13 heteroatoms. The number of imidazole rings is 1. The number of rotatable bonds is 8. The summed E-state index contributed by atoms with van der Waals surface area (Å²) in [5.41, 5.74) is 0.409. The molecule has 4 N–H and O–H groups in total. The molecule has 1 saturated heterocycles. The molecule has 0 bridgehead atoms. The second-order valence-electron chi connectivity index (χ2n) is 9.83. The predicted molar refractivity (Wildman–Crippen MR) is 137 cm³/mol. The van der Waals surface area contributed by atoms with Gasteiger partial charge in [0, 0.05) is 11.9 Å². The zero-order chi connectivity index (χ0) is 27.6. The first-order valence-corrected chi connectivity index (χ1v) is 13.8. The Hall–Kier alpha value is -3.71. The molecule has 2 atom stereocenters. The number of hydrogen-bond acceptors (Lipinski definition) is 8. The molecule has 4 rings (SSSR count). The van der Waals surface area contributed by atoms with E-state index in [2.05, 4.69) is 20.6 Å². The molecule has 1 aromatic carbocycles. The Labute approximate surface area is 219 Å². The van der Waals surface area contributed by atoms with Crippen LogP contribution in [-0.4, -0.2) is 70.6 Å². The number of benzene rings is 1. The second-order valence-corrected chi connectivity index (χ2v) is 11.7. The van der Waals surface area contributed by atoms with Gasteiger partial charge in [-0.05, 0) is 56.4 Å². The number of carbonyl (C=O) groups excluding carboxylic acids is 3. The maximum Gasteiger partial charge on any atom is 0.287 e. The molecule has 1 unspecified atom stereocenters. The van der Waals surface area contributed by atoms with Crippen LogP contribution in [0.2, 0.25) is 0 Å². The molecule has 12 nitrogen and oxygen atoms in total. The number of nitrogens with one attached hydrogen (secondary N) is 3. The van der Waals surface area contributed by atoms with Gasteiger partial charge in [-0.15, -0.1) is 0 Å². The summed E-state index contributed by atoms with van der Waals surface area (Å²) in [6.45, 7) is 5.15. The van der Waals surface area contributed by atoms with Crippen LogP contribution >= 0.6 is 0 Å². The molecule has 2 aromatic heterocycles. The number of aromatic hydroxyl groups is 1. The van der Waals surface area contributed by atoms with Crippen molar-refractivity contribution in [3.05, 3.63) is 42.0 Å². The van der Waals surface area contributed by atoms with E-state index in [4.69, 9.17) is 4.42 Å². The third kappa shape index (κ3) is 6.05. The Bertz CT molecular complexity index is 1460. The molecule has 2 amide bonds. The van der Waals surface area contributed by atoms with E-state index < -0.39 is 46.2 Å². The number of aromatic amines is 1. The maximum atomic E-state index is 13.2. The van der Waals surface area contributed by atoms with Crippen molar-refractivity contribution in [2.75, 3.05) is 13.1 Å². The van der Waals surface area contributed by atoms with Crippen molar-refractivity contribution in [1.29, 1.82) is 0 Å². The summed E-state index contributed by atoms with van der Waals surface area (Å²) in [5, 5.41) is 15.5. The highest BCUT2D eigenvalue weighted by Crippen LogP contribution is 2.24. The third-order valence-corrected chi connectivity index (χ3v) is 8.04. The molecule has 0 aliphatic carbocycles. The minimum Gasteiger partial charge on any atom is -0.508 e. The molecule has 0 radical (unpaired) electrons. The number of aryl methyl sites for hydroxylation is 1. The first-order chi connectivity index (χ1) is 17.9. The number of phenolic OH excluding ortho intramolecular Hbond substituents is 1. The van der Waals surface area contributed by atoms with Crippen LogP contribution in [0.4, 0.5) is 0 Å². The van der Waals surface area contributed by atoms with E-state index in [-0.39, 0.29) is 35.4 Å². The monoisotopic (exact) mass is 545 g/mol. The molecule has 1 aliphatic rings. The highest BCUT2D eigenvalue weighted by Gasteiger charge is 2.35. The largest absolute Gasteiger partial charge is 0.508 e. The Balaban J connectivity index is 1.44. The van der Waals surface area contributed by atoms with Gasteiger partial charge >= 0.3 is 0 Å². The fourth-order valence-electron chi connectivity index (χ4n) is 4.37. The fourth-order valence-corrected chi connectivity index (χ4v) is 5.78. The van der Waals surface area contributed by atoms with Crippen LogP contribution in [-0.2, 0) is 19.6 Å². The summed E-state index contributed by atoms with van der Waals surface area (Å²) in [6.07, 6.45) is 2.13. The topological polar surface area (TPSA) is 175 Å². The van der Waals surface area contributed by atoms with Gasteiger partial charge in [-0.3, -0.25) is 14.4 Å². The summed E-state index contributed by atoms with van der Waals surface area (Å²) < 4.78 is 32.5. The van der Waals surface area contributed by atoms with Crippen molar-refractivity contribution in [2.24, 2.45) is 5.92 Å². The number of aromatic nitrogens is 2. The second kappa shape index (κ2) is 11.0. The summed E-state index contributed by atoms with van der Waals surface area (Å²) in [4.78, 5) is 45.7. The molecular formula is C25H31N5O7S. The van der Waals surface area contributed by atoms with Gasteiger partial charge in [0.2, 0.25) is 5.91 Å². The molecule has 38 heavy (non-hydrogen) atoms. The van der Waals surface area contributed by atoms with E-state index >= 15 is 0 Å². The molecular weight excluding hydrogens is 514 g/mol. The van der Waals surface area contributed by atoms with Gasteiger partial charge in [-0.1, -0.05) is 13.8 Å². The summed E-state index contributed by atoms with van der Waals surface area (Å²) in [5.74, 6) is -1.10. The van der Waals surface area contributed by atoms with E-state index in [0.717, 1.165) is 4.31 Å². The van der Waals surface area contributed by atoms with Gasteiger partial charge < -0.3 is 25.1 Å². The number of H-pyrrole nitrogens is 1. The number of furan rings is 1. The van der Waals surface area contributed by atoms with Gasteiger partial charge in [-0.25, -0.2) is 13.4 Å². The predicted octanol–water partition coefficient (Wildman–Crippen LogP) is 1.85. The van der Waals surface area contributed by atoms with Crippen molar-refractivity contribution in [3.8, 4) is 5.75 Å². The summed E-state index contributed by atoms with van der Waals surface area (Å²) in [7, 11) is -3.94. The van der Waals surface area contributed by atoms with Crippen LogP contribution in [0.1, 0.15) is 49.5 Å². The number of nitrogens with zero attached hydrogens (tertiary/aromatic N) is 2. The number of hydrogen-bond donors (Lipinski definition) is 4. The van der Waals surface area contributed by atoms with Gasteiger partial charge in [0.25, 0.3) is 15.9 Å². The molecule has 204 valence electrons. The van der Waals surface area contributed by atoms with Crippen LogP contribution in [0.5, 0.6) is 5.75 Å². The van der Waals surface area contributed by atoms with Gasteiger partial charge in [0.05, 0.1) is 18.8 Å². The number of ketones is 1. The Kier molecular flexibility index (Phi) is 7.88. The Morgan fingerprint density at radius 1 is 1.29 bits per heavy atom. The summed E-state index contributed by atoms with van der Waals surface area (Å²) in [6, 6.07) is 4.06. The highest BCUT2D eigenvalue weighted by atomic mass is 32.2. The number of phenols is 1. The van der Waals surface area contributed by atoms with E-state index in [1.54, 1.807) is 6.92 Å². The lowest BCUT2D eigenvalue weighted by molar-refractivity contribution is -0.129. The Morgan fingerprint density at radius 3 is 2.74 bits per heavy atom. The SMILES string of the molecule is Cc1ncc(S(=O)(=O)N2CCC[C@H](NC(=O)C(CC(C)C)NC(=O)c3cc4cc(O)ccc4o3)C(=O)C2)[nH]1. The lowest BCUT2D eigenvalue weighted by atomic mass is 10.0. The zero-order valence-electron chi connectivity index (χ0n) is 21.4. The third-order valence-electron chi connectivity index (χ3n) is 6.29. The number of fused-ring (bicyclic) bond motifs is 1. The molecule has 0 saturated carbocycles. The first-order valence-electron chi connectivity index (χ1n) is 12.3.